The van der Waals surface area contributed by atoms with E-state index >= 15 is 0 Å². The first-order valence-corrected chi connectivity index (χ1v) is 9.68. The molecule has 0 aliphatic carbocycles. The Morgan fingerprint density at radius 2 is 1.93 bits per heavy atom. The first-order valence-electron chi connectivity index (χ1n) is 7.90. The van der Waals surface area contributed by atoms with Gasteiger partial charge < -0.3 is 15.1 Å². The quantitative estimate of drug-likeness (QED) is 0.550. The van der Waals surface area contributed by atoms with E-state index in [1.807, 2.05) is 18.2 Å². The van der Waals surface area contributed by atoms with Gasteiger partial charge in [0, 0.05) is 22.6 Å². The van der Waals surface area contributed by atoms with Crippen LogP contribution in [0.1, 0.15) is 6.92 Å². The fourth-order valence-electron chi connectivity index (χ4n) is 2.19. The van der Waals surface area contributed by atoms with Crippen LogP contribution in [0, 0.1) is 0 Å². The van der Waals surface area contributed by atoms with Crippen LogP contribution in [0.5, 0.6) is 0 Å². The Balaban J connectivity index is 1.60. The van der Waals surface area contributed by atoms with Gasteiger partial charge in [0.25, 0.3) is 5.22 Å². The van der Waals surface area contributed by atoms with Crippen LogP contribution in [-0.4, -0.2) is 27.8 Å². The van der Waals surface area contributed by atoms with Gasteiger partial charge in [0.1, 0.15) is 0 Å². The van der Waals surface area contributed by atoms with Crippen molar-refractivity contribution < 1.29 is 14.0 Å². The molecule has 0 radical (unpaired) electrons. The van der Waals surface area contributed by atoms with Crippen LogP contribution < -0.4 is 10.6 Å². The maximum absolute atomic E-state index is 12.1. The minimum absolute atomic E-state index is 0.134. The maximum atomic E-state index is 12.1. The third kappa shape index (κ3) is 5.41. The van der Waals surface area contributed by atoms with Gasteiger partial charge in [-0.25, -0.2) is 0 Å². The minimum atomic E-state index is -0.181. The summed E-state index contributed by atoms with van der Waals surface area (Å²) in [4.78, 5) is 23.2. The fourth-order valence-corrected chi connectivity index (χ4v) is 3.14. The van der Waals surface area contributed by atoms with Gasteiger partial charge in [-0.15, -0.1) is 10.2 Å². The van der Waals surface area contributed by atoms with E-state index in [0.717, 1.165) is 16.2 Å². The molecule has 0 saturated carbocycles. The highest BCUT2D eigenvalue weighted by molar-refractivity contribution is 9.10. The fraction of sp³-hybridized carbons (Fsp3) is 0.111. The van der Waals surface area contributed by atoms with Gasteiger partial charge in [-0.1, -0.05) is 30.0 Å². The molecule has 9 heteroatoms. The topological polar surface area (TPSA) is 97.1 Å². The Morgan fingerprint density at radius 1 is 1.11 bits per heavy atom. The number of carbonyl (C=O) groups excluding carboxylic acids is 2. The summed E-state index contributed by atoms with van der Waals surface area (Å²) in [6, 6.07) is 14.4. The zero-order valence-corrected chi connectivity index (χ0v) is 16.6. The van der Waals surface area contributed by atoms with Crippen molar-refractivity contribution >= 4 is 50.9 Å². The number of benzene rings is 2. The normalized spacial score (nSPS) is 10.4. The molecule has 1 heterocycles. The standard InChI is InChI=1S/C18H15BrN4O3S/c1-11(24)20-13-6-4-5-12(9-13)17-22-23-18(26-17)27-10-16(25)21-15-8-3-2-7-14(15)19/h2-9H,10H2,1H3,(H,20,24)(H,21,25). The van der Waals surface area contributed by atoms with E-state index in [0.29, 0.717) is 22.8 Å². The van der Waals surface area contributed by atoms with E-state index in [2.05, 4.69) is 36.8 Å². The lowest BCUT2D eigenvalue weighted by molar-refractivity contribution is -0.114. The smallest absolute Gasteiger partial charge is 0.277 e. The summed E-state index contributed by atoms with van der Waals surface area (Å²) in [7, 11) is 0. The molecule has 0 bridgehead atoms. The Kier molecular flexibility index (Phi) is 6.25. The van der Waals surface area contributed by atoms with E-state index in [4.69, 9.17) is 4.42 Å². The number of aromatic nitrogens is 2. The average molecular weight is 447 g/mol. The molecule has 3 rings (SSSR count). The van der Waals surface area contributed by atoms with Gasteiger partial charge in [0.15, 0.2) is 0 Å². The lowest BCUT2D eigenvalue weighted by atomic mass is 10.2. The molecule has 138 valence electrons. The molecule has 0 fully saturated rings. The first-order chi connectivity index (χ1) is 13.0. The van der Waals surface area contributed by atoms with Gasteiger partial charge in [0.05, 0.1) is 11.4 Å². The molecule has 0 atom stereocenters. The summed E-state index contributed by atoms with van der Waals surface area (Å²) >= 11 is 4.53. The Hall–Kier alpha value is -2.65. The van der Waals surface area contributed by atoms with Gasteiger partial charge in [-0.2, -0.15) is 0 Å². The van der Waals surface area contributed by atoms with Crippen LogP contribution in [-0.2, 0) is 9.59 Å². The minimum Gasteiger partial charge on any atom is -0.411 e. The monoisotopic (exact) mass is 446 g/mol. The lowest BCUT2D eigenvalue weighted by Crippen LogP contribution is -2.14. The van der Waals surface area contributed by atoms with Crippen molar-refractivity contribution in [3.63, 3.8) is 0 Å². The number of halogens is 1. The summed E-state index contributed by atoms with van der Waals surface area (Å²) < 4.78 is 6.40. The summed E-state index contributed by atoms with van der Waals surface area (Å²) in [6.07, 6.45) is 0. The van der Waals surface area contributed by atoms with E-state index in [1.54, 1.807) is 30.3 Å². The molecule has 27 heavy (non-hydrogen) atoms. The third-order valence-corrected chi connectivity index (χ3v) is 4.82. The van der Waals surface area contributed by atoms with Crippen LogP contribution in [0.25, 0.3) is 11.5 Å². The summed E-state index contributed by atoms with van der Waals surface area (Å²) in [6.45, 7) is 1.44. The van der Waals surface area contributed by atoms with Crippen molar-refractivity contribution in [2.75, 3.05) is 16.4 Å². The van der Waals surface area contributed by atoms with E-state index in [1.165, 1.54) is 6.92 Å². The van der Waals surface area contributed by atoms with Crippen LogP contribution in [0.4, 0.5) is 11.4 Å². The molecule has 0 spiro atoms. The molecule has 2 N–H and O–H groups in total. The highest BCUT2D eigenvalue weighted by Crippen LogP contribution is 2.26. The Labute approximate surface area is 168 Å². The maximum Gasteiger partial charge on any atom is 0.277 e. The molecule has 0 aliphatic rings. The average Bonchev–Trinajstić information content (AvgIpc) is 3.11. The number of thioether (sulfide) groups is 1. The number of amides is 2. The second kappa shape index (κ2) is 8.83. The van der Waals surface area contributed by atoms with Crippen molar-refractivity contribution in [2.24, 2.45) is 0 Å². The van der Waals surface area contributed by atoms with Crippen LogP contribution >= 0.6 is 27.7 Å². The number of carbonyl (C=O) groups is 2. The number of rotatable bonds is 6. The summed E-state index contributed by atoms with van der Waals surface area (Å²) in [5, 5.41) is 13.7. The van der Waals surface area contributed by atoms with Gasteiger partial charge in [0.2, 0.25) is 17.7 Å². The zero-order valence-electron chi connectivity index (χ0n) is 14.2. The number of anilines is 2. The molecule has 3 aromatic rings. The van der Waals surface area contributed by atoms with E-state index in [-0.39, 0.29) is 22.8 Å². The largest absolute Gasteiger partial charge is 0.411 e. The van der Waals surface area contributed by atoms with Gasteiger partial charge >= 0.3 is 0 Å². The number of nitrogens with one attached hydrogen (secondary N) is 2. The van der Waals surface area contributed by atoms with Crippen LogP contribution in [0.2, 0.25) is 0 Å². The SMILES string of the molecule is CC(=O)Nc1cccc(-c2nnc(SCC(=O)Nc3ccccc3Br)o2)c1. The predicted molar refractivity (Wildman–Crippen MR) is 108 cm³/mol. The third-order valence-electron chi connectivity index (χ3n) is 3.31. The zero-order chi connectivity index (χ0) is 19.2. The second-order valence-electron chi connectivity index (χ2n) is 5.45. The number of para-hydroxylation sites is 1. The second-order valence-corrected chi connectivity index (χ2v) is 7.23. The number of hydrogen-bond acceptors (Lipinski definition) is 6. The first kappa shape index (κ1) is 19.1. The molecule has 0 saturated heterocycles. The van der Waals surface area contributed by atoms with Crippen LogP contribution in [0.15, 0.2) is 62.6 Å². The highest BCUT2D eigenvalue weighted by Gasteiger charge is 2.12. The highest BCUT2D eigenvalue weighted by atomic mass is 79.9. The van der Waals surface area contributed by atoms with Crippen molar-refractivity contribution in [2.45, 2.75) is 12.1 Å². The lowest BCUT2D eigenvalue weighted by Gasteiger charge is -2.05. The van der Waals surface area contributed by atoms with Gasteiger partial charge in [-0.05, 0) is 46.3 Å². The molecule has 7 nitrogen and oxygen atoms in total. The van der Waals surface area contributed by atoms with Crippen molar-refractivity contribution in [1.82, 2.24) is 10.2 Å². The number of hydrogen-bond donors (Lipinski definition) is 2. The number of nitrogens with zero attached hydrogens (tertiary/aromatic N) is 2. The van der Waals surface area contributed by atoms with Crippen LogP contribution in [0.3, 0.4) is 0 Å². The Bertz CT molecular complexity index is 977. The van der Waals surface area contributed by atoms with E-state index < -0.39 is 0 Å². The molecule has 0 unspecified atom stereocenters. The van der Waals surface area contributed by atoms with Crippen molar-refractivity contribution in [3.8, 4) is 11.5 Å². The Morgan fingerprint density at radius 3 is 2.70 bits per heavy atom. The molecule has 2 amide bonds. The van der Waals surface area contributed by atoms with Crippen molar-refractivity contribution in [1.29, 1.82) is 0 Å². The van der Waals surface area contributed by atoms with Crippen molar-refractivity contribution in [3.05, 3.63) is 53.0 Å². The van der Waals surface area contributed by atoms with Gasteiger partial charge in [-0.3, -0.25) is 9.59 Å². The molecule has 1 aromatic heterocycles. The molecule has 0 aliphatic heterocycles. The summed E-state index contributed by atoms with van der Waals surface area (Å²) in [5.74, 6) is 0.106. The predicted octanol–water partition coefficient (Wildman–Crippen LogP) is 4.19. The van der Waals surface area contributed by atoms with E-state index in [9.17, 15) is 9.59 Å². The molecular weight excluding hydrogens is 432 g/mol. The molecular formula is C18H15BrN4O3S. The summed E-state index contributed by atoms with van der Waals surface area (Å²) in [5.41, 5.74) is 2.02. The molecule has 2 aromatic carbocycles.